The van der Waals surface area contributed by atoms with Crippen molar-refractivity contribution in [2.45, 2.75) is 96.6 Å². The molecule has 8 unspecified atom stereocenters. The van der Waals surface area contributed by atoms with Crippen LogP contribution in [0.25, 0.3) is 0 Å². The molecule has 8 atom stereocenters. The van der Waals surface area contributed by atoms with Crippen LogP contribution < -0.4 is 0 Å². The van der Waals surface area contributed by atoms with E-state index >= 15 is 0 Å². The summed E-state index contributed by atoms with van der Waals surface area (Å²) in [7, 11) is 1.37. The molecule has 0 aromatic rings. The number of aliphatic hydroxyl groups is 2. The zero-order valence-corrected chi connectivity index (χ0v) is 21.0. The zero-order chi connectivity index (χ0) is 25.5. The molecular formula is C26H40O8. The number of aliphatic hydroxyl groups excluding tert-OH is 1. The summed E-state index contributed by atoms with van der Waals surface area (Å²) in [5, 5.41) is 32.1. The first-order valence-electron chi connectivity index (χ1n) is 12.2. The molecule has 8 nitrogen and oxygen atoms in total. The predicted molar refractivity (Wildman–Crippen MR) is 124 cm³/mol. The Balaban J connectivity index is 1.79. The highest BCUT2D eigenvalue weighted by atomic mass is 17.1. The number of carbonyl (C=O) groups is 2. The van der Waals surface area contributed by atoms with E-state index in [4.69, 9.17) is 14.4 Å². The number of hydrogen-bond acceptors (Lipinski definition) is 8. The summed E-state index contributed by atoms with van der Waals surface area (Å²) in [6.07, 6.45) is 3.01. The van der Waals surface area contributed by atoms with Gasteiger partial charge >= 0.3 is 11.9 Å². The number of ether oxygens (including phenoxy) is 2. The average molecular weight is 481 g/mol. The number of methoxy groups -OCH3 is 1. The lowest BCUT2D eigenvalue weighted by Gasteiger charge is -2.62. The first kappa shape index (κ1) is 26.9. The summed E-state index contributed by atoms with van der Waals surface area (Å²) in [5.74, 6) is -1.31. The van der Waals surface area contributed by atoms with Crippen molar-refractivity contribution in [1.29, 1.82) is 0 Å². The van der Waals surface area contributed by atoms with Crippen LogP contribution in [0.15, 0.2) is 23.8 Å². The molecular weight excluding hydrogens is 440 g/mol. The molecule has 8 heteroatoms. The molecule has 3 aliphatic rings. The molecule has 0 aromatic heterocycles. The van der Waals surface area contributed by atoms with E-state index < -0.39 is 40.7 Å². The monoisotopic (exact) mass is 480 g/mol. The van der Waals surface area contributed by atoms with Gasteiger partial charge in [-0.3, -0.25) is 10.1 Å². The normalized spacial score (nSPS) is 40.7. The highest BCUT2D eigenvalue weighted by molar-refractivity contribution is 5.85. The fourth-order valence-electron chi connectivity index (χ4n) is 7.38. The van der Waals surface area contributed by atoms with E-state index in [2.05, 4.69) is 13.5 Å². The molecule has 3 N–H and O–H groups in total. The van der Waals surface area contributed by atoms with Crippen LogP contribution in [-0.2, 0) is 24.0 Å². The number of cyclic esters (lactones) is 1. The second kappa shape index (κ2) is 9.72. The fourth-order valence-corrected chi connectivity index (χ4v) is 7.38. The van der Waals surface area contributed by atoms with E-state index in [-0.39, 0.29) is 30.6 Å². The molecule has 2 fully saturated rings. The van der Waals surface area contributed by atoms with Crippen molar-refractivity contribution in [1.82, 2.24) is 0 Å². The van der Waals surface area contributed by atoms with Gasteiger partial charge in [0, 0.05) is 24.8 Å². The molecule has 0 radical (unpaired) electrons. The SMILES string of the molecule is C=C(CCC1C(C)(O)CC(O)C2C(C)(C(=O)OC)CCCC12C)C(CC1OC(=O)C=C1C)OO. The first-order chi connectivity index (χ1) is 15.8. The zero-order valence-electron chi connectivity index (χ0n) is 21.0. The summed E-state index contributed by atoms with van der Waals surface area (Å²) in [6, 6.07) is 0. The standard InChI is InChI=1S/C26H40O8/c1-15(19(34-31)13-18-16(2)12-21(28)33-18)8-9-20-24(3)10-7-11-25(4,23(29)32-6)22(24)17(27)14-26(20,5)30/h12,17-20,22,27,30-31H,1,7-11,13-14H2,2-6H3. The maximum Gasteiger partial charge on any atom is 0.331 e. The third-order valence-electron chi connectivity index (χ3n) is 8.89. The van der Waals surface area contributed by atoms with Crippen molar-refractivity contribution < 1.29 is 39.4 Å². The van der Waals surface area contributed by atoms with E-state index in [0.717, 1.165) is 18.4 Å². The molecule has 192 valence electrons. The lowest BCUT2D eigenvalue weighted by Crippen LogP contribution is -2.64. The van der Waals surface area contributed by atoms with Crippen LogP contribution in [0.5, 0.6) is 0 Å². The maximum absolute atomic E-state index is 12.8. The molecule has 0 saturated heterocycles. The fraction of sp³-hybridized carbons (Fsp3) is 0.769. The Morgan fingerprint density at radius 3 is 2.56 bits per heavy atom. The Morgan fingerprint density at radius 2 is 2.00 bits per heavy atom. The van der Waals surface area contributed by atoms with Gasteiger partial charge in [0.05, 0.1) is 24.2 Å². The smallest absolute Gasteiger partial charge is 0.331 e. The van der Waals surface area contributed by atoms with Crippen molar-refractivity contribution in [3.63, 3.8) is 0 Å². The maximum atomic E-state index is 12.8. The Morgan fingerprint density at radius 1 is 1.32 bits per heavy atom. The molecule has 1 heterocycles. The van der Waals surface area contributed by atoms with Crippen molar-refractivity contribution >= 4 is 11.9 Å². The molecule has 0 aromatic carbocycles. The lowest BCUT2D eigenvalue weighted by atomic mass is 9.44. The van der Waals surface area contributed by atoms with Gasteiger partial charge in [0.1, 0.15) is 12.2 Å². The van der Waals surface area contributed by atoms with Gasteiger partial charge in [-0.25, -0.2) is 9.68 Å². The summed E-state index contributed by atoms with van der Waals surface area (Å²) in [5.41, 5.74) is -1.08. The summed E-state index contributed by atoms with van der Waals surface area (Å²) >= 11 is 0. The largest absolute Gasteiger partial charge is 0.469 e. The summed E-state index contributed by atoms with van der Waals surface area (Å²) in [4.78, 5) is 29.0. The van der Waals surface area contributed by atoms with Gasteiger partial charge in [-0.05, 0) is 68.9 Å². The third kappa shape index (κ3) is 4.70. The molecule has 0 amide bonds. The molecule has 2 aliphatic carbocycles. The molecule has 0 bridgehead atoms. The van der Waals surface area contributed by atoms with E-state index in [0.29, 0.717) is 24.8 Å². The minimum Gasteiger partial charge on any atom is -0.469 e. The Kier molecular flexibility index (Phi) is 7.68. The second-order valence-electron chi connectivity index (χ2n) is 11.3. The molecule has 0 spiro atoms. The third-order valence-corrected chi connectivity index (χ3v) is 8.89. The minimum absolute atomic E-state index is 0.166. The van der Waals surface area contributed by atoms with Gasteiger partial charge < -0.3 is 19.7 Å². The van der Waals surface area contributed by atoms with Crippen molar-refractivity contribution in [2.75, 3.05) is 7.11 Å². The lowest BCUT2D eigenvalue weighted by molar-refractivity contribution is -0.273. The van der Waals surface area contributed by atoms with Gasteiger partial charge in [0.15, 0.2) is 0 Å². The predicted octanol–water partition coefficient (Wildman–Crippen LogP) is 3.56. The van der Waals surface area contributed by atoms with Crippen LogP contribution >= 0.6 is 0 Å². The van der Waals surface area contributed by atoms with Crippen LogP contribution in [0.3, 0.4) is 0 Å². The molecule has 2 saturated carbocycles. The van der Waals surface area contributed by atoms with Crippen LogP contribution in [0, 0.1) is 22.7 Å². The number of hydrogen-bond donors (Lipinski definition) is 3. The molecule has 3 rings (SSSR count). The van der Waals surface area contributed by atoms with E-state index in [9.17, 15) is 25.1 Å². The van der Waals surface area contributed by atoms with Crippen molar-refractivity contribution in [2.24, 2.45) is 22.7 Å². The Hall–Kier alpha value is -1.74. The highest BCUT2D eigenvalue weighted by Crippen LogP contribution is 2.63. The number of esters is 2. The number of carbonyl (C=O) groups excluding carboxylic acids is 2. The van der Waals surface area contributed by atoms with Crippen LogP contribution in [0.1, 0.15) is 72.6 Å². The van der Waals surface area contributed by atoms with Crippen molar-refractivity contribution in [3.05, 3.63) is 23.8 Å². The van der Waals surface area contributed by atoms with Crippen LogP contribution in [-0.4, -0.2) is 58.4 Å². The van der Waals surface area contributed by atoms with Gasteiger partial charge in [-0.2, -0.15) is 0 Å². The molecule has 34 heavy (non-hydrogen) atoms. The van der Waals surface area contributed by atoms with Gasteiger partial charge in [0.25, 0.3) is 0 Å². The van der Waals surface area contributed by atoms with Crippen LogP contribution in [0.2, 0.25) is 0 Å². The topological polar surface area (TPSA) is 123 Å². The minimum atomic E-state index is -1.14. The van der Waals surface area contributed by atoms with Gasteiger partial charge in [-0.1, -0.05) is 19.9 Å². The molecule has 1 aliphatic heterocycles. The van der Waals surface area contributed by atoms with E-state index in [1.54, 1.807) is 13.8 Å². The highest BCUT2D eigenvalue weighted by Gasteiger charge is 2.64. The summed E-state index contributed by atoms with van der Waals surface area (Å²) in [6.45, 7) is 11.6. The average Bonchev–Trinajstić information content (AvgIpc) is 3.06. The van der Waals surface area contributed by atoms with Gasteiger partial charge in [0.2, 0.25) is 0 Å². The van der Waals surface area contributed by atoms with E-state index in [1.807, 2.05) is 6.92 Å². The van der Waals surface area contributed by atoms with Crippen LogP contribution in [0.4, 0.5) is 0 Å². The van der Waals surface area contributed by atoms with Gasteiger partial charge in [-0.15, -0.1) is 0 Å². The Bertz CT molecular complexity index is 848. The van der Waals surface area contributed by atoms with E-state index in [1.165, 1.54) is 13.2 Å². The number of fused-ring (bicyclic) bond motifs is 1. The number of rotatable bonds is 8. The summed E-state index contributed by atoms with van der Waals surface area (Å²) < 4.78 is 10.4. The Labute approximate surface area is 201 Å². The quantitative estimate of drug-likeness (QED) is 0.209. The first-order valence-corrected chi connectivity index (χ1v) is 12.2. The van der Waals surface area contributed by atoms with Crippen molar-refractivity contribution in [3.8, 4) is 0 Å². The second-order valence-corrected chi connectivity index (χ2v) is 11.3.